The van der Waals surface area contributed by atoms with Crippen LogP contribution in [0.5, 0.6) is 0 Å². The maximum Gasteiger partial charge on any atom is 0.232 e. The van der Waals surface area contributed by atoms with Crippen molar-refractivity contribution in [3.05, 3.63) is 6.07 Å². The van der Waals surface area contributed by atoms with Crippen LogP contribution in [-0.2, 0) is 0 Å². The van der Waals surface area contributed by atoms with Crippen LogP contribution in [-0.4, -0.2) is 46.8 Å². The first-order chi connectivity index (χ1) is 12.8. The molecule has 2 N–H and O–H groups in total. The van der Waals surface area contributed by atoms with Crippen LogP contribution < -0.4 is 20.4 Å². The maximum absolute atomic E-state index is 5.47. The summed E-state index contributed by atoms with van der Waals surface area (Å²) in [6.07, 6.45) is 6.28. The molecular formula is C20H34N6S. The second kappa shape index (κ2) is 8.59. The van der Waals surface area contributed by atoms with Crippen LogP contribution in [0.3, 0.4) is 0 Å². The number of thiocarbonyl (C=S) groups is 1. The van der Waals surface area contributed by atoms with Gasteiger partial charge in [0, 0.05) is 37.8 Å². The summed E-state index contributed by atoms with van der Waals surface area (Å²) in [6, 6.07) is 2.16. The van der Waals surface area contributed by atoms with Crippen LogP contribution in [0.1, 0.15) is 59.8 Å². The summed E-state index contributed by atoms with van der Waals surface area (Å²) in [5, 5.41) is 7.07. The summed E-state index contributed by atoms with van der Waals surface area (Å²) in [4.78, 5) is 14.4. The molecule has 150 valence electrons. The fourth-order valence-electron chi connectivity index (χ4n) is 3.80. The van der Waals surface area contributed by atoms with E-state index in [0.717, 1.165) is 37.8 Å². The van der Waals surface area contributed by atoms with Gasteiger partial charge in [-0.25, -0.2) is 0 Å². The van der Waals surface area contributed by atoms with Gasteiger partial charge in [-0.05, 0) is 71.0 Å². The molecule has 1 atom stereocenters. The number of piperidine rings is 2. The number of anilines is 3. The normalized spacial score (nSPS) is 21.1. The van der Waals surface area contributed by atoms with Crippen LogP contribution in [0.2, 0.25) is 0 Å². The Balaban J connectivity index is 1.84. The summed E-state index contributed by atoms with van der Waals surface area (Å²) < 4.78 is 0. The van der Waals surface area contributed by atoms with Crippen LogP contribution >= 0.6 is 12.2 Å². The Morgan fingerprint density at radius 1 is 1.04 bits per heavy atom. The van der Waals surface area contributed by atoms with Crippen LogP contribution in [0.4, 0.5) is 17.6 Å². The molecule has 7 heteroatoms. The van der Waals surface area contributed by atoms with Gasteiger partial charge in [0.2, 0.25) is 5.95 Å². The first-order valence-electron chi connectivity index (χ1n) is 10.3. The molecule has 2 aliphatic heterocycles. The molecule has 0 amide bonds. The average molecular weight is 391 g/mol. The van der Waals surface area contributed by atoms with Crippen molar-refractivity contribution >= 4 is 34.9 Å². The maximum atomic E-state index is 5.47. The smallest absolute Gasteiger partial charge is 0.232 e. The molecule has 2 aliphatic rings. The van der Waals surface area contributed by atoms with Crippen molar-refractivity contribution in [2.24, 2.45) is 5.92 Å². The van der Waals surface area contributed by atoms with E-state index < -0.39 is 0 Å². The third kappa shape index (κ3) is 5.92. The van der Waals surface area contributed by atoms with E-state index in [-0.39, 0.29) is 5.54 Å². The van der Waals surface area contributed by atoms with Gasteiger partial charge in [-0.1, -0.05) is 6.92 Å². The van der Waals surface area contributed by atoms with Crippen LogP contribution in [0, 0.1) is 5.92 Å². The van der Waals surface area contributed by atoms with Gasteiger partial charge >= 0.3 is 0 Å². The molecule has 1 aromatic heterocycles. The van der Waals surface area contributed by atoms with Gasteiger partial charge in [0.25, 0.3) is 0 Å². The van der Waals surface area contributed by atoms with Crippen molar-refractivity contribution in [1.29, 1.82) is 0 Å². The van der Waals surface area contributed by atoms with Gasteiger partial charge in [0.1, 0.15) is 11.6 Å². The summed E-state index contributed by atoms with van der Waals surface area (Å²) in [7, 11) is 0. The van der Waals surface area contributed by atoms with Crippen molar-refractivity contribution in [2.75, 3.05) is 41.3 Å². The first kappa shape index (κ1) is 20.1. The predicted octanol–water partition coefficient (Wildman–Crippen LogP) is 3.79. The van der Waals surface area contributed by atoms with Crippen molar-refractivity contribution in [1.82, 2.24) is 15.3 Å². The molecule has 2 saturated heterocycles. The summed E-state index contributed by atoms with van der Waals surface area (Å²) in [5.74, 6) is 3.32. The predicted molar refractivity (Wildman–Crippen MR) is 118 cm³/mol. The lowest BCUT2D eigenvalue weighted by Crippen LogP contribution is -2.43. The largest absolute Gasteiger partial charge is 0.358 e. The Labute approximate surface area is 169 Å². The highest BCUT2D eigenvalue weighted by atomic mass is 32.1. The first-order valence-corrected chi connectivity index (χ1v) is 10.7. The van der Waals surface area contributed by atoms with E-state index >= 15 is 0 Å². The summed E-state index contributed by atoms with van der Waals surface area (Å²) in [6.45, 7) is 12.8. The van der Waals surface area contributed by atoms with E-state index in [2.05, 4.69) is 54.2 Å². The van der Waals surface area contributed by atoms with Gasteiger partial charge in [-0.15, -0.1) is 0 Å². The second-order valence-corrected chi connectivity index (χ2v) is 9.39. The van der Waals surface area contributed by atoms with E-state index in [1.54, 1.807) is 0 Å². The van der Waals surface area contributed by atoms with Gasteiger partial charge in [-0.3, -0.25) is 0 Å². The number of hydrogen-bond acceptors (Lipinski definition) is 5. The Bertz CT molecular complexity index is 650. The number of aromatic nitrogens is 2. The molecule has 0 spiro atoms. The fourth-order valence-corrected chi connectivity index (χ4v) is 4.19. The highest BCUT2D eigenvalue weighted by molar-refractivity contribution is 7.80. The molecule has 0 saturated carbocycles. The number of nitrogens with zero attached hydrogens (tertiary/aromatic N) is 4. The topological polar surface area (TPSA) is 56.3 Å². The van der Waals surface area contributed by atoms with E-state index in [4.69, 9.17) is 22.2 Å². The SMILES string of the molecule is CC1CCCN(c2cc(N3CCCCC3)nc(NC(=S)NC(C)(C)C)n2)C1. The molecule has 3 rings (SSSR count). The van der Waals surface area contributed by atoms with Crippen LogP contribution in [0.15, 0.2) is 6.07 Å². The van der Waals surface area contributed by atoms with E-state index in [1.807, 2.05) is 0 Å². The van der Waals surface area contributed by atoms with Gasteiger partial charge in [-0.2, -0.15) is 9.97 Å². The van der Waals surface area contributed by atoms with E-state index in [0.29, 0.717) is 17.0 Å². The molecule has 27 heavy (non-hydrogen) atoms. The molecule has 3 heterocycles. The molecule has 0 aliphatic carbocycles. The summed E-state index contributed by atoms with van der Waals surface area (Å²) in [5.41, 5.74) is -0.0975. The quantitative estimate of drug-likeness (QED) is 0.762. The van der Waals surface area contributed by atoms with E-state index in [1.165, 1.54) is 32.1 Å². The van der Waals surface area contributed by atoms with Crippen molar-refractivity contribution in [3.63, 3.8) is 0 Å². The highest BCUT2D eigenvalue weighted by Crippen LogP contribution is 2.27. The number of hydrogen-bond donors (Lipinski definition) is 2. The molecular weight excluding hydrogens is 356 g/mol. The number of rotatable bonds is 3. The average Bonchev–Trinajstić information content (AvgIpc) is 2.60. The van der Waals surface area contributed by atoms with Gasteiger partial charge < -0.3 is 20.4 Å². The zero-order chi connectivity index (χ0) is 19.4. The third-order valence-electron chi connectivity index (χ3n) is 5.07. The Morgan fingerprint density at radius 3 is 2.30 bits per heavy atom. The fraction of sp³-hybridized carbons (Fsp3) is 0.750. The highest BCUT2D eigenvalue weighted by Gasteiger charge is 2.22. The minimum absolute atomic E-state index is 0.0975. The minimum Gasteiger partial charge on any atom is -0.358 e. The van der Waals surface area contributed by atoms with E-state index in [9.17, 15) is 0 Å². The van der Waals surface area contributed by atoms with Gasteiger partial charge in [0.05, 0.1) is 0 Å². The summed E-state index contributed by atoms with van der Waals surface area (Å²) >= 11 is 5.47. The molecule has 0 radical (unpaired) electrons. The van der Waals surface area contributed by atoms with Crippen molar-refractivity contribution in [3.8, 4) is 0 Å². The third-order valence-corrected chi connectivity index (χ3v) is 5.28. The lowest BCUT2D eigenvalue weighted by Gasteiger charge is -2.33. The van der Waals surface area contributed by atoms with Crippen LogP contribution in [0.25, 0.3) is 0 Å². The lowest BCUT2D eigenvalue weighted by atomic mass is 10.0. The standard InChI is InChI=1S/C20H34N6S/c1-15-9-8-12-26(14-15)17-13-16(25-10-6-5-7-11-25)21-18(22-17)23-19(27)24-20(2,3)4/h13,15H,5-12,14H2,1-4H3,(H2,21,22,23,24,27). The van der Waals surface area contributed by atoms with Crippen molar-refractivity contribution < 1.29 is 0 Å². The molecule has 1 unspecified atom stereocenters. The Kier molecular flexibility index (Phi) is 6.40. The molecule has 2 fully saturated rings. The Hall–Kier alpha value is -1.63. The monoisotopic (exact) mass is 390 g/mol. The van der Waals surface area contributed by atoms with Crippen molar-refractivity contribution in [2.45, 2.75) is 65.3 Å². The zero-order valence-electron chi connectivity index (χ0n) is 17.2. The number of nitrogens with one attached hydrogen (secondary N) is 2. The lowest BCUT2D eigenvalue weighted by molar-refractivity contribution is 0.444. The Morgan fingerprint density at radius 2 is 1.67 bits per heavy atom. The molecule has 1 aromatic rings. The zero-order valence-corrected chi connectivity index (χ0v) is 18.0. The molecule has 0 aromatic carbocycles. The molecule has 0 bridgehead atoms. The molecule has 6 nitrogen and oxygen atoms in total. The van der Waals surface area contributed by atoms with Gasteiger partial charge in [0.15, 0.2) is 5.11 Å². The minimum atomic E-state index is -0.0975. The second-order valence-electron chi connectivity index (χ2n) is 8.98.